The summed E-state index contributed by atoms with van der Waals surface area (Å²) in [5.74, 6) is 0.294. The Morgan fingerprint density at radius 2 is 1.96 bits per heavy atom. The fourth-order valence-corrected chi connectivity index (χ4v) is 1.87. The van der Waals surface area contributed by atoms with Gasteiger partial charge in [0, 0.05) is 12.1 Å². The molecule has 0 aliphatic heterocycles. The second kappa shape index (κ2) is 8.35. The van der Waals surface area contributed by atoms with Gasteiger partial charge in [0.1, 0.15) is 5.75 Å². The summed E-state index contributed by atoms with van der Waals surface area (Å²) in [5, 5.41) is 12.6. The highest BCUT2D eigenvalue weighted by molar-refractivity contribution is 5.78. The van der Waals surface area contributed by atoms with E-state index in [4.69, 9.17) is 10.00 Å². The van der Waals surface area contributed by atoms with E-state index in [0.29, 0.717) is 11.3 Å². The van der Waals surface area contributed by atoms with Gasteiger partial charge >= 0.3 is 0 Å². The van der Waals surface area contributed by atoms with E-state index in [1.807, 2.05) is 43.3 Å². The smallest absolute Gasteiger partial charge is 0.277 e. The number of benzene rings is 2. The number of amides is 1. The van der Waals surface area contributed by atoms with Crippen LogP contribution in [-0.2, 0) is 4.79 Å². The summed E-state index contributed by atoms with van der Waals surface area (Å²) >= 11 is 0. The second-order valence-electron chi connectivity index (χ2n) is 4.94. The van der Waals surface area contributed by atoms with Crippen molar-refractivity contribution in [2.45, 2.75) is 12.8 Å². The van der Waals surface area contributed by atoms with Crippen molar-refractivity contribution < 1.29 is 9.53 Å². The molecule has 0 saturated carbocycles. The zero-order chi connectivity index (χ0) is 16.5. The molecule has 0 aromatic heterocycles. The van der Waals surface area contributed by atoms with Crippen LogP contribution >= 0.6 is 0 Å². The van der Waals surface area contributed by atoms with Gasteiger partial charge in [-0.15, -0.1) is 0 Å². The predicted molar refractivity (Wildman–Crippen MR) is 88.1 cm³/mol. The number of carbonyl (C=O) groups excluding carboxylic acids is 1. The molecular weight excluding hydrogens is 290 g/mol. The van der Waals surface area contributed by atoms with Gasteiger partial charge in [-0.3, -0.25) is 4.79 Å². The summed E-state index contributed by atoms with van der Waals surface area (Å²) in [4.78, 5) is 11.7. The van der Waals surface area contributed by atoms with E-state index in [-0.39, 0.29) is 18.4 Å². The predicted octanol–water partition coefficient (Wildman–Crippen LogP) is 2.84. The van der Waals surface area contributed by atoms with Gasteiger partial charge in [-0.2, -0.15) is 10.4 Å². The van der Waals surface area contributed by atoms with Crippen LogP contribution in [0.25, 0.3) is 0 Å². The highest BCUT2D eigenvalue weighted by atomic mass is 16.5. The lowest BCUT2D eigenvalue weighted by Gasteiger charge is -2.06. The van der Waals surface area contributed by atoms with E-state index in [1.54, 1.807) is 30.5 Å². The Hall–Kier alpha value is -3.13. The van der Waals surface area contributed by atoms with E-state index in [1.165, 1.54) is 0 Å². The van der Waals surface area contributed by atoms with Crippen LogP contribution in [0.4, 0.5) is 0 Å². The van der Waals surface area contributed by atoms with Crippen molar-refractivity contribution in [2.24, 2.45) is 5.10 Å². The van der Waals surface area contributed by atoms with Gasteiger partial charge in [0.25, 0.3) is 5.91 Å². The molecule has 0 aliphatic carbocycles. The van der Waals surface area contributed by atoms with Crippen LogP contribution in [0.5, 0.6) is 5.75 Å². The van der Waals surface area contributed by atoms with Crippen LogP contribution in [0.1, 0.15) is 24.0 Å². The number of rotatable bonds is 6. The lowest BCUT2D eigenvalue weighted by Crippen LogP contribution is -2.24. The molecule has 0 saturated heterocycles. The number of hydrogen-bond acceptors (Lipinski definition) is 4. The SMILES string of the molecule is C[C@H](/C=N\NC(=O)COc1ccc(C#N)cc1)c1ccccc1. The fraction of sp³-hybridized carbons (Fsp3) is 0.167. The Bertz CT molecular complexity index is 703. The first-order valence-corrected chi connectivity index (χ1v) is 7.19. The van der Waals surface area contributed by atoms with Gasteiger partial charge in [-0.25, -0.2) is 5.43 Å². The van der Waals surface area contributed by atoms with Crippen LogP contribution in [0.15, 0.2) is 59.7 Å². The third-order valence-corrected chi connectivity index (χ3v) is 3.17. The second-order valence-corrected chi connectivity index (χ2v) is 4.94. The van der Waals surface area contributed by atoms with Crippen LogP contribution in [-0.4, -0.2) is 18.7 Å². The third-order valence-electron chi connectivity index (χ3n) is 3.17. The monoisotopic (exact) mass is 307 g/mol. The Labute approximate surface area is 135 Å². The minimum atomic E-state index is -0.342. The van der Waals surface area contributed by atoms with E-state index in [0.717, 1.165) is 5.56 Å². The van der Waals surface area contributed by atoms with Crippen LogP contribution in [0.3, 0.4) is 0 Å². The third kappa shape index (κ3) is 5.29. The molecule has 2 aromatic carbocycles. The van der Waals surface area contributed by atoms with Crippen molar-refractivity contribution in [2.75, 3.05) is 6.61 Å². The van der Waals surface area contributed by atoms with Crippen LogP contribution in [0.2, 0.25) is 0 Å². The van der Waals surface area contributed by atoms with Gasteiger partial charge in [-0.1, -0.05) is 37.3 Å². The number of nitrogens with zero attached hydrogens (tertiary/aromatic N) is 2. The normalized spacial score (nSPS) is 11.7. The van der Waals surface area contributed by atoms with E-state index in [2.05, 4.69) is 10.5 Å². The maximum absolute atomic E-state index is 11.7. The number of nitrogens with one attached hydrogen (secondary N) is 1. The number of ether oxygens (including phenoxy) is 1. The topological polar surface area (TPSA) is 74.5 Å². The molecule has 0 spiro atoms. The molecule has 116 valence electrons. The molecule has 0 heterocycles. The Morgan fingerprint density at radius 3 is 2.61 bits per heavy atom. The highest BCUT2D eigenvalue weighted by Crippen LogP contribution is 2.12. The summed E-state index contributed by atoms with van der Waals surface area (Å²) < 4.78 is 5.31. The molecule has 1 amide bonds. The molecule has 0 bridgehead atoms. The van der Waals surface area contributed by atoms with Crippen molar-refractivity contribution in [1.29, 1.82) is 5.26 Å². The van der Waals surface area contributed by atoms with Gasteiger partial charge in [0.15, 0.2) is 6.61 Å². The van der Waals surface area contributed by atoms with Crippen molar-refractivity contribution in [3.05, 3.63) is 65.7 Å². The van der Waals surface area contributed by atoms with Crippen LogP contribution in [0, 0.1) is 11.3 Å². The average Bonchev–Trinajstić information content (AvgIpc) is 2.61. The summed E-state index contributed by atoms with van der Waals surface area (Å²) in [6, 6.07) is 18.5. The summed E-state index contributed by atoms with van der Waals surface area (Å²) in [6.45, 7) is 1.86. The molecule has 0 fully saturated rings. The number of hydrogen-bond donors (Lipinski definition) is 1. The number of hydrazone groups is 1. The molecule has 1 atom stereocenters. The maximum Gasteiger partial charge on any atom is 0.277 e. The number of nitriles is 1. The van der Waals surface area contributed by atoms with Gasteiger partial charge in [0.05, 0.1) is 11.6 Å². The molecule has 5 nitrogen and oxygen atoms in total. The Morgan fingerprint density at radius 1 is 1.26 bits per heavy atom. The van der Waals surface area contributed by atoms with E-state index in [9.17, 15) is 4.79 Å². The molecule has 1 N–H and O–H groups in total. The standard InChI is InChI=1S/C18H17N3O2/c1-14(16-5-3-2-4-6-16)12-20-21-18(22)13-23-17-9-7-15(11-19)8-10-17/h2-10,12,14H,13H2,1H3,(H,21,22)/b20-12-/t14-/m1/s1. The average molecular weight is 307 g/mol. The lowest BCUT2D eigenvalue weighted by atomic mass is 10.0. The van der Waals surface area contributed by atoms with Crippen molar-refractivity contribution >= 4 is 12.1 Å². The zero-order valence-corrected chi connectivity index (χ0v) is 12.8. The summed E-state index contributed by atoms with van der Waals surface area (Å²) in [6.07, 6.45) is 1.68. The van der Waals surface area contributed by atoms with Crippen molar-refractivity contribution in [1.82, 2.24) is 5.43 Å². The maximum atomic E-state index is 11.7. The minimum absolute atomic E-state index is 0.107. The summed E-state index contributed by atoms with van der Waals surface area (Å²) in [7, 11) is 0. The quantitative estimate of drug-likeness (QED) is 0.658. The molecule has 0 unspecified atom stereocenters. The lowest BCUT2D eigenvalue weighted by molar-refractivity contribution is -0.123. The van der Waals surface area contributed by atoms with E-state index < -0.39 is 0 Å². The summed E-state index contributed by atoms with van der Waals surface area (Å²) in [5.41, 5.74) is 4.10. The van der Waals surface area contributed by atoms with Gasteiger partial charge < -0.3 is 4.74 Å². The minimum Gasteiger partial charge on any atom is -0.484 e. The molecule has 5 heteroatoms. The highest BCUT2D eigenvalue weighted by Gasteiger charge is 2.03. The molecular formula is C18H17N3O2. The first-order valence-electron chi connectivity index (χ1n) is 7.19. The molecule has 23 heavy (non-hydrogen) atoms. The van der Waals surface area contributed by atoms with Gasteiger partial charge in [0.2, 0.25) is 0 Å². The van der Waals surface area contributed by atoms with Gasteiger partial charge in [-0.05, 0) is 29.8 Å². The largest absolute Gasteiger partial charge is 0.484 e. The molecule has 2 rings (SSSR count). The Balaban J connectivity index is 1.76. The van der Waals surface area contributed by atoms with Crippen molar-refractivity contribution in [3.63, 3.8) is 0 Å². The van der Waals surface area contributed by atoms with Crippen LogP contribution < -0.4 is 10.2 Å². The zero-order valence-electron chi connectivity index (χ0n) is 12.8. The fourth-order valence-electron chi connectivity index (χ4n) is 1.87. The first-order chi connectivity index (χ1) is 11.2. The van der Waals surface area contributed by atoms with E-state index >= 15 is 0 Å². The molecule has 2 aromatic rings. The molecule has 0 radical (unpaired) electrons. The first kappa shape index (κ1) is 16.2. The van der Waals surface area contributed by atoms with Crippen molar-refractivity contribution in [3.8, 4) is 11.8 Å². The molecule has 0 aliphatic rings. The number of carbonyl (C=O) groups is 1. The Kier molecular flexibility index (Phi) is 5.89.